The Morgan fingerprint density at radius 3 is 2.10 bits per heavy atom. The molecule has 0 radical (unpaired) electrons. The summed E-state index contributed by atoms with van der Waals surface area (Å²) in [6.45, 7) is 4.56. The van der Waals surface area contributed by atoms with Crippen molar-refractivity contribution in [3.8, 4) is 0 Å². The second kappa shape index (κ2) is 6.23. The van der Waals surface area contributed by atoms with E-state index in [2.05, 4.69) is 15.1 Å². The minimum absolute atomic E-state index is 0.444. The van der Waals surface area contributed by atoms with Crippen molar-refractivity contribution in [3.63, 3.8) is 0 Å². The summed E-state index contributed by atoms with van der Waals surface area (Å²) in [4.78, 5) is 16.7. The van der Waals surface area contributed by atoms with E-state index in [1.165, 1.54) is 38.8 Å². The molecule has 5 heteroatoms. The number of nitrogens with one attached hydrogen (secondary N) is 1. The first-order valence-electron chi connectivity index (χ1n) is 8.55. The molecule has 0 amide bonds. The van der Waals surface area contributed by atoms with Crippen LogP contribution in [-0.2, 0) is 4.79 Å². The predicted molar refractivity (Wildman–Crippen MR) is 82.5 cm³/mol. The Kier molecular flexibility index (Phi) is 4.52. The summed E-state index contributed by atoms with van der Waals surface area (Å²) in [5, 5.41) is 12.5. The molecule has 3 rings (SSSR count). The Hall–Kier alpha value is -0.650. The zero-order valence-electron chi connectivity index (χ0n) is 13.2. The van der Waals surface area contributed by atoms with Crippen molar-refractivity contribution >= 4 is 5.97 Å². The van der Waals surface area contributed by atoms with Gasteiger partial charge >= 0.3 is 5.97 Å². The van der Waals surface area contributed by atoms with Crippen LogP contribution in [0.3, 0.4) is 0 Å². The number of piperazine rings is 1. The molecular weight excluding hydrogens is 266 g/mol. The molecule has 1 heterocycles. The molecule has 2 aliphatic carbocycles. The molecule has 120 valence electrons. The number of carboxylic acid groups (broad SMARTS) is 1. The molecule has 2 N–H and O–H groups in total. The average Bonchev–Trinajstić information content (AvgIpc) is 3.18. The van der Waals surface area contributed by atoms with E-state index in [1.54, 1.807) is 7.05 Å². The van der Waals surface area contributed by atoms with Crippen molar-refractivity contribution in [1.82, 2.24) is 15.1 Å². The number of hydrogen-bond donors (Lipinski definition) is 2. The van der Waals surface area contributed by atoms with E-state index in [0.29, 0.717) is 6.04 Å². The first-order chi connectivity index (χ1) is 10.1. The normalized spacial score (nSPS) is 36.3. The van der Waals surface area contributed by atoms with Crippen LogP contribution < -0.4 is 5.32 Å². The minimum Gasteiger partial charge on any atom is -0.480 e. The summed E-state index contributed by atoms with van der Waals surface area (Å²) in [5.74, 6) is -0.683. The van der Waals surface area contributed by atoms with Gasteiger partial charge < -0.3 is 10.4 Å². The van der Waals surface area contributed by atoms with Gasteiger partial charge in [-0.3, -0.25) is 14.6 Å². The van der Waals surface area contributed by atoms with Gasteiger partial charge in [-0.2, -0.15) is 0 Å². The zero-order chi connectivity index (χ0) is 14.9. The maximum Gasteiger partial charge on any atom is 0.323 e. The van der Waals surface area contributed by atoms with Crippen LogP contribution in [0.1, 0.15) is 44.9 Å². The Bertz CT molecular complexity index is 376. The molecule has 21 heavy (non-hydrogen) atoms. The lowest BCUT2D eigenvalue weighted by Gasteiger charge is -2.41. The van der Waals surface area contributed by atoms with Crippen molar-refractivity contribution in [2.75, 3.05) is 33.2 Å². The molecule has 2 saturated carbocycles. The van der Waals surface area contributed by atoms with E-state index in [9.17, 15) is 9.90 Å². The van der Waals surface area contributed by atoms with E-state index >= 15 is 0 Å². The first kappa shape index (κ1) is 15.3. The number of hydrogen-bond acceptors (Lipinski definition) is 4. The van der Waals surface area contributed by atoms with Crippen LogP contribution in [-0.4, -0.2) is 71.7 Å². The summed E-state index contributed by atoms with van der Waals surface area (Å²) in [6, 6.07) is 1.27. The van der Waals surface area contributed by atoms with Gasteiger partial charge in [-0.05, 0) is 39.2 Å². The van der Waals surface area contributed by atoms with Gasteiger partial charge in [0, 0.05) is 38.3 Å². The van der Waals surface area contributed by atoms with Crippen LogP contribution in [0.2, 0.25) is 0 Å². The number of nitrogens with zero attached hydrogens (tertiary/aromatic N) is 2. The van der Waals surface area contributed by atoms with Crippen LogP contribution >= 0.6 is 0 Å². The molecule has 2 atom stereocenters. The van der Waals surface area contributed by atoms with Gasteiger partial charge in [-0.25, -0.2) is 0 Å². The van der Waals surface area contributed by atoms with Gasteiger partial charge in [0.2, 0.25) is 0 Å². The van der Waals surface area contributed by atoms with Gasteiger partial charge in [0.15, 0.2) is 0 Å². The standard InChI is InChI=1S/C16H29N3O2/c1-17-16(15(20)21)7-6-14(12-16)19-10-8-18(9-11-19)13-4-2-3-5-13/h13-14,17H,2-12H2,1H3,(H,20,21). The van der Waals surface area contributed by atoms with Crippen LogP contribution in [0, 0.1) is 0 Å². The Balaban J connectivity index is 1.52. The molecule has 3 fully saturated rings. The quantitative estimate of drug-likeness (QED) is 0.814. The van der Waals surface area contributed by atoms with Crippen LogP contribution in [0.15, 0.2) is 0 Å². The number of rotatable bonds is 4. The summed E-state index contributed by atoms with van der Waals surface area (Å²) >= 11 is 0. The van der Waals surface area contributed by atoms with Gasteiger partial charge in [-0.15, -0.1) is 0 Å². The van der Waals surface area contributed by atoms with Gasteiger partial charge in [-0.1, -0.05) is 12.8 Å². The van der Waals surface area contributed by atoms with E-state index in [1.807, 2.05) is 0 Å². The fourth-order valence-corrected chi connectivity index (χ4v) is 4.60. The van der Waals surface area contributed by atoms with Crippen molar-refractivity contribution in [3.05, 3.63) is 0 Å². The Morgan fingerprint density at radius 1 is 1.05 bits per heavy atom. The fraction of sp³-hybridized carbons (Fsp3) is 0.938. The maximum atomic E-state index is 11.5. The Morgan fingerprint density at radius 2 is 1.62 bits per heavy atom. The summed E-state index contributed by atoms with van der Waals surface area (Å²) in [5.41, 5.74) is -0.687. The lowest BCUT2D eigenvalue weighted by atomic mass is 9.97. The van der Waals surface area contributed by atoms with Gasteiger partial charge in [0.05, 0.1) is 0 Å². The van der Waals surface area contributed by atoms with E-state index < -0.39 is 11.5 Å². The second-order valence-electron chi connectivity index (χ2n) is 7.04. The predicted octanol–water partition coefficient (Wildman–Crippen LogP) is 1.14. The lowest BCUT2D eigenvalue weighted by Crippen LogP contribution is -2.54. The topological polar surface area (TPSA) is 55.8 Å². The SMILES string of the molecule is CNC1(C(=O)O)CCC(N2CCN(C3CCCC3)CC2)C1. The van der Waals surface area contributed by atoms with Crippen molar-refractivity contribution < 1.29 is 9.90 Å². The van der Waals surface area contributed by atoms with Gasteiger partial charge in [0.25, 0.3) is 0 Å². The third-order valence-electron chi connectivity index (χ3n) is 6.08. The highest BCUT2D eigenvalue weighted by Crippen LogP contribution is 2.34. The highest BCUT2D eigenvalue weighted by atomic mass is 16.4. The van der Waals surface area contributed by atoms with Crippen molar-refractivity contribution in [1.29, 1.82) is 0 Å². The molecule has 0 spiro atoms. The van der Waals surface area contributed by atoms with Crippen LogP contribution in [0.25, 0.3) is 0 Å². The van der Waals surface area contributed by atoms with Crippen molar-refractivity contribution in [2.45, 2.75) is 62.6 Å². The fourth-order valence-electron chi connectivity index (χ4n) is 4.60. The highest BCUT2D eigenvalue weighted by Gasteiger charge is 2.46. The monoisotopic (exact) mass is 295 g/mol. The third-order valence-corrected chi connectivity index (χ3v) is 6.08. The molecule has 0 aromatic carbocycles. The number of likely N-dealkylation sites (N-methyl/N-ethyl adjacent to an activating group) is 1. The second-order valence-corrected chi connectivity index (χ2v) is 7.04. The summed E-state index contributed by atoms with van der Waals surface area (Å²) in [7, 11) is 1.79. The third kappa shape index (κ3) is 2.96. The molecule has 0 bridgehead atoms. The first-order valence-corrected chi connectivity index (χ1v) is 8.55. The Labute approximate surface area is 127 Å². The lowest BCUT2D eigenvalue weighted by molar-refractivity contribution is -0.144. The molecule has 1 saturated heterocycles. The van der Waals surface area contributed by atoms with Crippen molar-refractivity contribution in [2.24, 2.45) is 0 Å². The maximum absolute atomic E-state index is 11.5. The van der Waals surface area contributed by atoms with E-state index in [0.717, 1.165) is 38.4 Å². The van der Waals surface area contributed by atoms with Crippen LogP contribution in [0.4, 0.5) is 0 Å². The van der Waals surface area contributed by atoms with Crippen LogP contribution in [0.5, 0.6) is 0 Å². The smallest absolute Gasteiger partial charge is 0.323 e. The largest absolute Gasteiger partial charge is 0.480 e. The molecule has 5 nitrogen and oxygen atoms in total. The van der Waals surface area contributed by atoms with E-state index in [-0.39, 0.29) is 0 Å². The molecule has 0 aromatic heterocycles. The molecule has 2 unspecified atom stereocenters. The molecule has 0 aromatic rings. The van der Waals surface area contributed by atoms with Gasteiger partial charge in [0.1, 0.15) is 5.54 Å². The molecule has 3 aliphatic rings. The molecule has 1 aliphatic heterocycles. The minimum atomic E-state index is -0.687. The van der Waals surface area contributed by atoms with E-state index in [4.69, 9.17) is 0 Å². The number of carbonyl (C=O) groups is 1. The highest BCUT2D eigenvalue weighted by molar-refractivity contribution is 5.79. The molecular formula is C16H29N3O2. The summed E-state index contributed by atoms with van der Waals surface area (Å²) in [6.07, 6.45) is 8.08. The summed E-state index contributed by atoms with van der Waals surface area (Å²) < 4.78 is 0. The average molecular weight is 295 g/mol. The number of carboxylic acids is 1. The number of aliphatic carboxylic acids is 1. The zero-order valence-corrected chi connectivity index (χ0v) is 13.2.